The van der Waals surface area contributed by atoms with Gasteiger partial charge in [0, 0.05) is 5.02 Å². The molecule has 0 unspecified atom stereocenters. The average molecular weight is 537 g/mol. The van der Waals surface area contributed by atoms with Crippen molar-refractivity contribution in [2.45, 2.75) is 10.5 Å². The molecular formula is C19H13Cl2F3N4O3S2. The molecule has 0 radical (unpaired) electrons. The van der Waals surface area contributed by atoms with Gasteiger partial charge in [-0.15, -0.1) is 10.2 Å². The standard InChI is InChI=1S/C19H13Cl2F3N4O3S2/c20-10-5-6-14(12(21)7-10)31-8-15(29)26-17-27-28-18(33-17)32-9-16(30)25-13-4-2-1-3-11(13)19(22,23)24/h1-7H,8-9H2,(H,25,30)(H,26,27,29). The van der Waals surface area contributed by atoms with Crippen LogP contribution in [0.2, 0.25) is 10.0 Å². The van der Waals surface area contributed by atoms with Crippen LogP contribution < -0.4 is 15.4 Å². The van der Waals surface area contributed by atoms with E-state index in [0.717, 1.165) is 29.2 Å². The molecule has 2 aromatic carbocycles. The van der Waals surface area contributed by atoms with Gasteiger partial charge in [-0.1, -0.05) is 58.4 Å². The van der Waals surface area contributed by atoms with Gasteiger partial charge in [0.25, 0.3) is 5.91 Å². The molecule has 0 atom stereocenters. The molecule has 0 aliphatic carbocycles. The van der Waals surface area contributed by atoms with Crippen LogP contribution in [0.15, 0.2) is 46.8 Å². The molecule has 174 valence electrons. The first-order valence-corrected chi connectivity index (χ1v) is 11.5. The van der Waals surface area contributed by atoms with Gasteiger partial charge < -0.3 is 10.1 Å². The minimum atomic E-state index is -4.59. The van der Waals surface area contributed by atoms with Crippen LogP contribution in [0.3, 0.4) is 0 Å². The van der Waals surface area contributed by atoms with E-state index in [1.165, 1.54) is 30.3 Å². The summed E-state index contributed by atoms with van der Waals surface area (Å²) in [6.07, 6.45) is -4.59. The quantitative estimate of drug-likeness (QED) is 0.287. The third-order valence-electron chi connectivity index (χ3n) is 3.74. The van der Waals surface area contributed by atoms with Gasteiger partial charge in [-0.05, 0) is 30.3 Å². The second kappa shape index (κ2) is 11.1. The highest BCUT2D eigenvalue weighted by atomic mass is 35.5. The van der Waals surface area contributed by atoms with Crippen molar-refractivity contribution < 1.29 is 27.5 Å². The van der Waals surface area contributed by atoms with E-state index in [9.17, 15) is 22.8 Å². The molecule has 0 bridgehead atoms. The van der Waals surface area contributed by atoms with E-state index in [1.54, 1.807) is 6.07 Å². The first kappa shape index (κ1) is 25.1. The number of hydrogen-bond donors (Lipinski definition) is 2. The minimum absolute atomic E-state index is 0.163. The fourth-order valence-corrected chi connectivity index (χ4v) is 4.39. The van der Waals surface area contributed by atoms with Crippen molar-refractivity contribution in [1.29, 1.82) is 0 Å². The van der Waals surface area contributed by atoms with Gasteiger partial charge in [0.05, 0.1) is 22.0 Å². The Bertz CT molecular complexity index is 1160. The minimum Gasteiger partial charge on any atom is -0.482 e. The Morgan fingerprint density at radius 2 is 1.82 bits per heavy atom. The summed E-state index contributed by atoms with van der Waals surface area (Å²) in [5.41, 5.74) is -1.27. The van der Waals surface area contributed by atoms with Gasteiger partial charge in [-0.25, -0.2) is 0 Å². The largest absolute Gasteiger partial charge is 0.482 e. The molecule has 0 aliphatic heterocycles. The summed E-state index contributed by atoms with van der Waals surface area (Å²) in [7, 11) is 0. The SMILES string of the molecule is O=C(COc1ccc(Cl)cc1Cl)Nc1nnc(SCC(=O)Nc2ccccc2C(F)(F)F)s1. The maximum atomic E-state index is 13.0. The number of halogens is 5. The van der Waals surface area contributed by atoms with Crippen molar-refractivity contribution in [2.24, 2.45) is 0 Å². The molecule has 14 heteroatoms. The molecule has 2 N–H and O–H groups in total. The van der Waals surface area contributed by atoms with E-state index in [4.69, 9.17) is 27.9 Å². The van der Waals surface area contributed by atoms with Crippen molar-refractivity contribution in [3.05, 3.63) is 58.1 Å². The summed E-state index contributed by atoms with van der Waals surface area (Å²) in [5, 5.41) is 13.2. The number of aromatic nitrogens is 2. The van der Waals surface area contributed by atoms with E-state index < -0.39 is 23.6 Å². The summed E-state index contributed by atoms with van der Waals surface area (Å²) in [6.45, 7) is -0.343. The highest BCUT2D eigenvalue weighted by Gasteiger charge is 2.33. The van der Waals surface area contributed by atoms with Crippen molar-refractivity contribution in [3.8, 4) is 5.75 Å². The van der Waals surface area contributed by atoms with E-state index in [0.29, 0.717) is 9.36 Å². The van der Waals surface area contributed by atoms with Crippen LogP contribution >= 0.6 is 46.3 Å². The van der Waals surface area contributed by atoms with Crippen LogP contribution in [0.4, 0.5) is 24.0 Å². The monoisotopic (exact) mass is 536 g/mol. The van der Waals surface area contributed by atoms with Crippen molar-refractivity contribution in [2.75, 3.05) is 23.0 Å². The summed E-state index contributed by atoms with van der Waals surface area (Å²) < 4.78 is 44.7. The zero-order chi connectivity index (χ0) is 24.0. The molecule has 0 fully saturated rings. The summed E-state index contributed by atoms with van der Waals surface area (Å²) >= 11 is 13.7. The number of thioether (sulfide) groups is 1. The Labute approximate surface area is 203 Å². The number of para-hydroxylation sites is 1. The second-order valence-corrected chi connectivity index (χ2v) is 9.21. The van der Waals surface area contributed by atoms with E-state index in [-0.39, 0.29) is 34.0 Å². The topological polar surface area (TPSA) is 93.2 Å². The van der Waals surface area contributed by atoms with E-state index in [1.807, 2.05) is 0 Å². The molecule has 3 aromatic rings. The number of benzene rings is 2. The van der Waals surface area contributed by atoms with Crippen LogP contribution in [0.25, 0.3) is 0 Å². The smallest absolute Gasteiger partial charge is 0.418 e. The molecule has 0 aliphatic rings. The van der Waals surface area contributed by atoms with Gasteiger partial charge in [-0.3, -0.25) is 14.9 Å². The van der Waals surface area contributed by atoms with Crippen LogP contribution in [-0.4, -0.2) is 34.4 Å². The van der Waals surface area contributed by atoms with Crippen molar-refractivity contribution in [1.82, 2.24) is 10.2 Å². The summed E-state index contributed by atoms with van der Waals surface area (Å²) in [5.74, 6) is -1.09. The Kier molecular flexibility index (Phi) is 8.40. The number of carbonyl (C=O) groups excluding carboxylic acids is 2. The van der Waals surface area contributed by atoms with Crippen LogP contribution in [0.1, 0.15) is 5.56 Å². The summed E-state index contributed by atoms with van der Waals surface area (Å²) in [4.78, 5) is 24.1. The maximum absolute atomic E-state index is 13.0. The zero-order valence-corrected chi connectivity index (χ0v) is 19.4. The first-order valence-electron chi connectivity index (χ1n) is 8.92. The number of nitrogens with zero attached hydrogens (tertiary/aromatic N) is 2. The molecule has 3 rings (SSSR count). The molecule has 1 aromatic heterocycles. The van der Waals surface area contributed by atoms with Crippen LogP contribution in [-0.2, 0) is 15.8 Å². The fraction of sp³-hybridized carbons (Fsp3) is 0.158. The number of alkyl halides is 3. The lowest BCUT2D eigenvalue weighted by molar-refractivity contribution is -0.137. The van der Waals surface area contributed by atoms with Crippen molar-refractivity contribution in [3.63, 3.8) is 0 Å². The average Bonchev–Trinajstić information content (AvgIpc) is 3.18. The number of rotatable bonds is 8. The van der Waals surface area contributed by atoms with Crippen molar-refractivity contribution >= 4 is 68.9 Å². The second-order valence-electron chi connectivity index (χ2n) is 6.16. The van der Waals surface area contributed by atoms with Crippen LogP contribution in [0.5, 0.6) is 5.75 Å². The van der Waals surface area contributed by atoms with Gasteiger partial charge in [0.2, 0.25) is 11.0 Å². The number of ether oxygens (including phenoxy) is 1. The number of nitrogens with one attached hydrogen (secondary N) is 2. The van der Waals surface area contributed by atoms with E-state index in [2.05, 4.69) is 20.8 Å². The number of anilines is 2. The first-order chi connectivity index (χ1) is 15.6. The summed E-state index contributed by atoms with van der Waals surface area (Å²) in [6, 6.07) is 9.24. The molecule has 0 saturated carbocycles. The van der Waals surface area contributed by atoms with Crippen LogP contribution in [0, 0.1) is 0 Å². The van der Waals surface area contributed by atoms with E-state index >= 15 is 0 Å². The molecule has 7 nitrogen and oxygen atoms in total. The lowest BCUT2D eigenvalue weighted by Gasteiger charge is -2.13. The maximum Gasteiger partial charge on any atom is 0.418 e. The molecule has 1 heterocycles. The Balaban J connectivity index is 1.48. The van der Waals surface area contributed by atoms with Gasteiger partial charge in [0.1, 0.15) is 5.75 Å². The number of hydrogen-bond acceptors (Lipinski definition) is 7. The molecule has 2 amide bonds. The Morgan fingerprint density at radius 1 is 1.06 bits per heavy atom. The molecular weight excluding hydrogens is 524 g/mol. The zero-order valence-electron chi connectivity index (χ0n) is 16.3. The number of amides is 2. The molecule has 0 saturated heterocycles. The predicted molar refractivity (Wildman–Crippen MR) is 121 cm³/mol. The van der Waals surface area contributed by atoms with Gasteiger partial charge >= 0.3 is 6.18 Å². The normalized spacial score (nSPS) is 11.2. The number of carbonyl (C=O) groups is 2. The fourth-order valence-electron chi connectivity index (χ4n) is 2.36. The highest BCUT2D eigenvalue weighted by molar-refractivity contribution is 8.01. The highest BCUT2D eigenvalue weighted by Crippen LogP contribution is 2.35. The third kappa shape index (κ3) is 7.49. The third-order valence-corrected chi connectivity index (χ3v) is 6.24. The predicted octanol–water partition coefficient (Wildman–Crippen LogP) is 5.61. The van der Waals surface area contributed by atoms with Gasteiger partial charge in [0.15, 0.2) is 10.9 Å². The molecule has 0 spiro atoms. The lowest BCUT2D eigenvalue weighted by Crippen LogP contribution is -2.20. The lowest BCUT2D eigenvalue weighted by atomic mass is 10.1. The Morgan fingerprint density at radius 3 is 2.55 bits per heavy atom. The molecule has 33 heavy (non-hydrogen) atoms. The Hall–Kier alpha value is -2.54. The van der Waals surface area contributed by atoms with Gasteiger partial charge in [-0.2, -0.15) is 13.2 Å².